The number of nitrogen functional groups attached to an aromatic ring is 1. The molecule has 0 spiro atoms. The van der Waals surface area contributed by atoms with Crippen LogP contribution in [0.2, 0.25) is 5.15 Å². The molecule has 0 aliphatic rings. The summed E-state index contributed by atoms with van der Waals surface area (Å²) in [6.45, 7) is 1.43. The number of hydrogen-bond donors (Lipinski definition) is 1. The molecule has 0 aromatic carbocycles. The maximum absolute atomic E-state index is 10.8. The zero-order valence-corrected chi connectivity index (χ0v) is 6.72. The van der Waals surface area contributed by atoms with Gasteiger partial charge in [0, 0.05) is 11.9 Å². The number of halogens is 1. The van der Waals surface area contributed by atoms with Gasteiger partial charge in [0.1, 0.15) is 5.15 Å². The van der Waals surface area contributed by atoms with Gasteiger partial charge in [-0.1, -0.05) is 11.6 Å². The van der Waals surface area contributed by atoms with Crippen molar-refractivity contribution in [2.24, 2.45) is 0 Å². The van der Waals surface area contributed by atoms with Crippen molar-refractivity contribution in [3.63, 3.8) is 0 Å². The first-order chi connectivity index (χ1) is 5.11. The highest BCUT2D eigenvalue weighted by molar-refractivity contribution is 6.29. The van der Waals surface area contributed by atoms with E-state index in [-0.39, 0.29) is 5.78 Å². The number of ketones is 1. The third-order valence-electron chi connectivity index (χ3n) is 1.28. The van der Waals surface area contributed by atoms with E-state index < -0.39 is 0 Å². The minimum atomic E-state index is -0.105. The smallest absolute Gasteiger partial charge is 0.163 e. The molecular formula is C7H7ClN2O. The summed E-state index contributed by atoms with van der Waals surface area (Å²) in [4.78, 5) is 14.5. The Labute approximate surface area is 69.2 Å². The van der Waals surface area contributed by atoms with E-state index in [4.69, 9.17) is 17.3 Å². The first-order valence-electron chi connectivity index (χ1n) is 3.03. The van der Waals surface area contributed by atoms with Gasteiger partial charge in [-0.2, -0.15) is 0 Å². The minimum Gasteiger partial charge on any atom is -0.398 e. The molecule has 11 heavy (non-hydrogen) atoms. The summed E-state index contributed by atoms with van der Waals surface area (Å²) >= 11 is 5.52. The van der Waals surface area contributed by atoms with Crippen LogP contribution in [0.5, 0.6) is 0 Å². The van der Waals surface area contributed by atoms with Crippen LogP contribution in [0.4, 0.5) is 5.69 Å². The van der Waals surface area contributed by atoms with Gasteiger partial charge >= 0.3 is 0 Å². The molecule has 0 saturated heterocycles. The van der Waals surface area contributed by atoms with E-state index in [1.54, 1.807) is 0 Å². The lowest BCUT2D eigenvalue weighted by Gasteiger charge is -1.99. The topological polar surface area (TPSA) is 56.0 Å². The van der Waals surface area contributed by atoms with E-state index in [2.05, 4.69) is 4.98 Å². The van der Waals surface area contributed by atoms with Crippen molar-refractivity contribution in [2.45, 2.75) is 6.92 Å². The van der Waals surface area contributed by atoms with Gasteiger partial charge in [-0.25, -0.2) is 4.98 Å². The van der Waals surface area contributed by atoms with E-state index in [0.717, 1.165) is 0 Å². The molecule has 0 unspecified atom stereocenters. The van der Waals surface area contributed by atoms with Crippen LogP contribution >= 0.6 is 11.6 Å². The van der Waals surface area contributed by atoms with Crippen molar-refractivity contribution in [1.29, 1.82) is 0 Å². The standard InChI is InChI=1S/C7H7ClN2O/c1-4(11)5-3-10-7(8)2-6(5)9/h2-3H,1H3,(H2,9,10). The van der Waals surface area contributed by atoms with Crippen LogP contribution in [-0.4, -0.2) is 10.8 Å². The molecular weight excluding hydrogens is 164 g/mol. The summed E-state index contributed by atoms with van der Waals surface area (Å²) in [5, 5.41) is 0.299. The van der Waals surface area contributed by atoms with Crippen LogP contribution in [0.25, 0.3) is 0 Å². The van der Waals surface area contributed by atoms with Gasteiger partial charge in [-0.05, 0) is 13.0 Å². The van der Waals surface area contributed by atoms with Crippen molar-refractivity contribution >= 4 is 23.1 Å². The molecule has 0 aliphatic carbocycles. The zero-order valence-electron chi connectivity index (χ0n) is 5.97. The lowest BCUT2D eigenvalue weighted by molar-refractivity contribution is 0.101. The normalized spacial score (nSPS) is 9.64. The number of Topliss-reactive ketones (excluding diaryl/α,β-unsaturated/α-hetero) is 1. The molecule has 0 amide bonds. The van der Waals surface area contributed by atoms with Crippen LogP contribution in [0.3, 0.4) is 0 Å². The number of anilines is 1. The maximum Gasteiger partial charge on any atom is 0.163 e. The summed E-state index contributed by atoms with van der Waals surface area (Å²) in [5.41, 5.74) is 6.26. The van der Waals surface area contributed by atoms with Gasteiger partial charge in [0.15, 0.2) is 5.78 Å². The van der Waals surface area contributed by atoms with E-state index in [9.17, 15) is 4.79 Å². The number of aromatic nitrogens is 1. The molecule has 2 N–H and O–H groups in total. The van der Waals surface area contributed by atoms with Crippen molar-refractivity contribution in [3.8, 4) is 0 Å². The molecule has 0 atom stereocenters. The number of pyridine rings is 1. The van der Waals surface area contributed by atoms with E-state index >= 15 is 0 Å². The van der Waals surface area contributed by atoms with Gasteiger partial charge in [-0.15, -0.1) is 0 Å². The Hall–Kier alpha value is -1.09. The highest BCUT2D eigenvalue weighted by Gasteiger charge is 2.04. The van der Waals surface area contributed by atoms with Crippen molar-refractivity contribution in [1.82, 2.24) is 4.98 Å². The number of nitrogens with zero attached hydrogens (tertiary/aromatic N) is 1. The van der Waals surface area contributed by atoms with Crippen LogP contribution in [0.15, 0.2) is 12.3 Å². The summed E-state index contributed by atoms with van der Waals surface area (Å²) in [6.07, 6.45) is 1.38. The maximum atomic E-state index is 10.8. The van der Waals surface area contributed by atoms with E-state index in [1.165, 1.54) is 19.2 Å². The Bertz CT molecular complexity index is 298. The fraction of sp³-hybridized carbons (Fsp3) is 0.143. The molecule has 0 radical (unpaired) electrons. The second kappa shape index (κ2) is 2.88. The van der Waals surface area contributed by atoms with Gasteiger partial charge in [0.25, 0.3) is 0 Å². The first-order valence-corrected chi connectivity index (χ1v) is 3.41. The largest absolute Gasteiger partial charge is 0.398 e. The summed E-state index contributed by atoms with van der Waals surface area (Å²) in [6, 6.07) is 1.46. The predicted molar refractivity (Wildman–Crippen MR) is 43.7 cm³/mol. The number of rotatable bonds is 1. The average molecular weight is 171 g/mol. The van der Waals surface area contributed by atoms with E-state index in [1.807, 2.05) is 0 Å². The van der Waals surface area contributed by atoms with Crippen LogP contribution in [-0.2, 0) is 0 Å². The van der Waals surface area contributed by atoms with Crippen LogP contribution < -0.4 is 5.73 Å². The average Bonchev–Trinajstić information content (AvgIpc) is 1.85. The fourth-order valence-corrected chi connectivity index (χ4v) is 0.905. The Morgan fingerprint density at radius 3 is 2.82 bits per heavy atom. The van der Waals surface area contributed by atoms with Gasteiger partial charge in [0.2, 0.25) is 0 Å². The summed E-state index contributed by atoms with van der Waals surface area (Å²) in [5.74, 6) is -0.105. The van der Waals surface area contributed by atoms with Crippen LogP contribution in [0, 0.1) is 0 Å². The lowest BCUT2D eigenvalue weighted by atomic mass is 10.2. The Balaban J connectivity index is 3.20. The zero-order chi connectivity index (χ0) is 8.43. The second-order valence-electron chi connectivity index (χ2n) is 2.15. The number of hydrogen-bond acceptors (Lipinski definition) is 3. The molecule has 1 aromatic heterocycles. The highest BCUT2D eigenvalue weighted by Crippen LogP contribution is 2.14. The predicted octanol–water partition coefficient (Wildman–Crippen LogP) is 1.52. The molecule has 0 bridgehead atoms. The third kappa shape index (κ3) is 1.68. The number of carbonyl (C=O) groups excluding carboxylic acids is 1. The minimum absolute atomic E-state index is 0.105. The Morgan fingerprint density at radius 1 is 1.73 bits per heavy atom. The van der Waals surface area contributed by atoms with Gasteiger partial charge in [0.05, 0.1) is 5.56 Å². The molecule has 58 valence electrons. The molecule has 1 aromatic rings. The Morgan fingerprint density at radius 2 is 2.36 bits per heavy atom. The quantitative estimate of drug-likeness (QED) is 0.514. The van der Waals surface area contributed by atoms with Crippen molar-refractivity contribution in [3.05, 3.63) is 23.0 Å². The van der Waals surface area contributed by atoms with Gasteiger partial charge < -0.3 is 5.73 Å². The molecule has 1 heterocycles. The van der Waals surface area contributed by atoms with Crippen LogP contribution in [0.1, 0.15) is 17.3 Å². The fourth-order valence-electron chi connectivity index (χ4n) is 0.738. The summed E-state index contributed by atoms with van der Waals surface area (Å²) < 4.78 is 0. The molecule has 3 nitrogen and oxygen atoms in total. The van der Waals surface area contributed by atoms with Crippen molar-refractivity contribution in [2.75, 3.05) is 5.73 Å². The summed E-state index contributed by atoms with van der Waals surface area (Å²) in [7, 11) is 0. The Kier molecular flexibility index (Phi) is 2.10. The second-order valence-corrected chi connectivity index (χ2v) is 2.54. The van der Waals surface area contributed by atoms with Gasteiger partial charge in [-0.3, -0.25) is 4.79 Å². The highest BCUT2D eigenvalue weighted by atomic mass is 35.5. The molecule has 0 saturated carbocycles. The monoisotopic (exact) mass is 170 g/mol. The molecule has 1 rings (SSSR count). The SMILES string of the molecule is CC(=O)c1cnc(Cl)cc1N. The third-order valence-corrected chi connectivity index (χ3v) is 1.49. The number of nitrogens with two attached hydrogens (primary N) is 1. The molecule has 4 heteroatoms. The number of carbonyl (C=O) groups is 1. The lowest BCUT2D eigenvalue weighted by Crippen LogP contribution is -2.00. The first kappa shape index (κ1) is 8.01. The molecule has 0 aliphatic heterocycles. The van der Waals surface area contributed by atoms with E-state index in [0.29, 0.717) is 16.4 Å². The van der Waals surface area contributed by atoms with Crippen molar-refractivity contribution < 1.29 is 4.79 Å². The molecule has 0 fully saturated rings.